The van der Waals surface area contributed by atoms with E-state index in [1.807, 2.05) is 0 Å². The van der Waals surface area contributed by atoms with Gasteiger partial charge >= 0.3 is 0 Å². The molecule has 0 N–H and O–H groups in total. The van der Waals surface area contributed by atoms with Gasteiger partial charge in [0.1, 0.15) is 0 Å². The van der Waals surface area contributed by atoms with Crippen molar-refractivity contribution in [3.8, 4) is 0 Å². The van der Waals surface area contributed by atoms with E-state index in [1.165, 1.54) is 51.5 Å². The summed E-state index contributed by atoms with van der Waals surface area (Å²) in [5, 5.41) is 0. The first kappa shape index (κ1) is 14.0. The Morgan fingerprint density at radius 3 is 2.00 bits per heavy atom. The Hall–Kier alpha value is -0.0400. The minimum absolute atomic E-state index is 1.000. The molecule has 0 rings (SSSR count). The highest BCUT2D eigenvalue weighted by Crippen LogP contribution is 2.20. The van der Waals surface area contributed by atoms with Gasteiger partial charge in [-0.25, -0.2) is 0 Å². The number of nitrogens with zero attached hydrogens (tertiary/aromatic N) is 1. The molecule has 1 nitrogen and oxygen atoms in total. The molecule has 86 valence electrons. The zero-order valence-electron chi connectivity index (χ0n) is 10.7. The summed E-state index contributed by atoms with van der Waals surface area (Å²) >= 11 is 0. The van der Waals surface area contributed by atoms with E-state index in [1.54, 1.807) is 0 Å². The van der Waals surface area contributed by atoms with E-state index < -0.39 is 0 Å². The zero-order valence-corrected chi connectivity index (χ0v) is 10.7. The largest absolute Gasteiger partial charge is 0.309 e. The summed E-state index contributed by atoms with van der Waals surface area (Å²) in [6, 6.07) is 0. The lowest BCUT2D eigenvalue weighted by molar-refractivity contribution is 0.340. The van der Waals surface area contributed by atoms with Crippen LogP contribution in [0.2, 0.25) is 0 Å². The third-order valence-electron chi connectivity index (χ3n) is 2.88. The predicted molar refractivity (Wildman–Crippen MR) is 65.7 cm³/mol. The van der Waals surface area contributed by atoms with Crippen molar-refractivity contribution < 1.29 is 0 Å². The van der Waals surface area contributed by atoms with Gasteiger partial charge < -0.3 is 4.90 Å². The zero-order chi connectivity index (χ0) is 10.8. The number of hydrogen-bond donors (Lipinski definition) is 0. The first-order valence-electron chi connectivity index (χ1n) is 6.35. The highest BCUT2D eigenvalue weighted by molar-refractivity contribution is 4.60. The van der Waals surface area contributed by atoms with Gasteiger partial charge in [-0.2, -0.15) is 0 Å². The molecular formula is C13H29N. The number of unbranched alkanes of at least 4 members (excludes halogenated alkanes) is 1. The fourth-order valence-corrected chi connectivity index (χ4v) is 2.03. The van der Waals surface area contributed by atoms with Crippen LogP contribution in [0.4, 0.5) is 0 Å². The average molecular weight is 199 g/mol. The Bertz CT molecular complexity index is 110. The summed E-state index contributed by atoms with van der Waals surface area (Å²) in [5.41, 5.74) is 0. The molecule has 0 bridgehead atoms. The van der Waals surface area contributed by atoms with Crippen LogP contribution in [0.5, 0.6) is 0 Å². The minimum atomic E-state index is 1.000. The monoisotopic (exact) mass is 199 g/mol. The van der Waals surface area contributed by atoms with Crippen molar-refractivity contribution in [3.05, 3.63) is 0 Å². The molecule has 0 spiro atoms. The quantitative estimate of drug-likeness (QED) is 0.544. The summed E-state index contributed by atoms with van der Waals surface area (Å²) in [5.74, 6) is 1.000. The van der Waals surface area contributed by atoms with Gasteiger partial charge in [-0.3, -0.25) is 0 Å². The van der Waals surface area contributed by atoms with Crippen LogP contribution >= 0.6 is 0 Å². The molecule has 1 heteroatoms. The molecule has 0 radical (unpaired) electrons. The molecule has 14 heavy (non-hydrogen) atoms. The molecule has 0 fully saturated rings. The Labute approximate surface area is 90.9 Å². The summed E-state index contributed by atoms with van der Waals surface area (Å²) < 4.78 is 0. The van der Waals surface area contributed by atoms with Gasteiger partial charge in [0.2, 0.25) is 0 Å². The molecule has 0 aromatic heterocycles. The Kier molecular flexibility index (Phi) is 9.49. The minimum Gasteiger partial charge on any atom is -0.309 e. The second-order valence-electron chi connectivity index (χ2n) is 4.74. The van der Waals surface area contributed by atoms with Crippen LogP contribution in [0, 0.1) is 5.92 Å². The second kappa shape index (κ2) is 9.51. The Balaban J connectivity index is 3.50. The molecule has 0 heterocycles. The summed E-state index contributed by atoms with van der Waals surface area (Å²) in [4.78, 5) is 2.29. The summed E-state index contributed by atoms with van der Waals surface area (Å²) in [6.07, 6.45) is 9.84. The molecule has 0 aromatic carbocycles. The lowest BCUT2D eigenvalue weighted by atomic mass is 9.92. The van der Waals surface area contributed by atoms with Gasteiger partial charge in [0, 0.05) is 0 Å². The topological polar surface area (TPSA) is 3.24 Å². The maximum Gasteiger partial charge on any atom is -0.00247 e. The molecule has 0 aliphatic carbocycles. The molecule has 1 unspecified atom stereocenters. The average Bonchev–Trinajstić information content (AvgIpc) is 2.13. The van der Waals surface area contributed by atoms with Crippen molar-refractivity contribution in [2.24, 2.45) is 5.92 Å². The Morgan fingerprint density at radius 2 is 1.50 bits per heavy atom. The van der Waals surface area contributed by atoms with Gasteiger partial charge in [0.25, 0.3) is 0 Å². The van der Waals surface area contributed by atoms with Crippen LogP contribution in [0.25, 0.3) is 0 Å². The fourth-order valence-electron chi connectivity index (χ4n) is 2.03. The second-order valence-corrected chi connectivity index (χ2v) is 4.74. The molecule has 0 aliphatic heterocycles. The highest BCUT2D eigenvalue weighted by atomic mass is 15.0. The van der Waals surface area contributed by atoms with Crippen molar-refractivity contribution in [1.29, 1.82) is 0 Å². The van der Waals surface area contributed by atoms with Gasteiger partial charge in [-0.15, -0.1) is 0 Å². The van der Waals surface area contributed by atoms with Crippen LogP contribution in [-0.4, -0.2) is 25.5 Å². The fraction of sp³-hybridized carbons (Fsp3) is 1.00. The van der Waals surface area contributed by atoms with Gasteiger partial charge in [-0.1, -0.05) is 46.0 Å². The predicted octanol–water partition coefficient (Wildman–Crippen LogP) is 3.93. The molecule has 0 amide bonds. The summed E-state index contributed by atoms with van der Waals surface area (Å²) in [7, 11) is 4.34. The standard InChI is InChI=1S/C13H29N/c1-5-7-10-13(9-6-2)11-8-12-14(3)4/h13H,5-12H2,1-4H3. The third-order valence-corrected chi connectivity index (χ3v) is 2.88. The van der Waals surface area contributed by atoms with Crippen molar-refractivity contribution in [2.75, 3.05) is 20.6 Å². The SMILES string of the molecule is CCCCC(CCC)CCCN(C)C. The van der Waals surface area contributed by atoms with Gasteiger partial charge in [0.15, 0.2) is 0 Å². The van der Waals surface area contributed by atoms with E-state index in [9.17, 15) is 0 Å². The molecule has 0 aromatic rings. The van der Waals surface area contributed by atoms with E-state index in [0.29, 0.717) is 0 Å². The van der Waals surface area contributed by atoms with E-state index in [4.69, 9.17) is 0 Å². The Morgan fingerprint density at radius 1 is 0.857 bits per heavy atom. The molecule has 0 saturated heterocycles. The van der Waals surface area contributed by atoms with Gasteiger partial charge in [0.05, 0.1) is 0 Å². The van der Waals surface area contributed by atoms with Gasteiger partial charge in [-0.05, 0) is 39.4 Å². The van der Waals surface area contributed by atoms with E-state index >= 15 is 0 Å². The summed E-state index contributed by atoms with van der Waals surface area (Å²) in [6.45, 7) is 5.86. The van der Waals surface area contributed by atoms with E-state index in [0.717, 1.165) is 5.92 Å². The van der Waals surface area contributed by atoms with Crippen molar-refractivity contribution in [3.63, 3.8) is 0 Å². The van der Waals surface area contributed by atoms with Crippen LogP contribution in [-0.2, 0) is 0 Å². The first-order chi connectivity index (χ1) is 6.70. The van der Waals surface area contributed by atoms with Crippen molar-refractivity contribution >= 4 is 0 Å². The maximum atomic E-state index is 2.31. The number of rotatable bonds is 9. The normalized spacial score (nSPS) is 13.5. The van der Waals surface area contributed by atoms with E-state index in [2.05, 4.69) is 32.8 Å². The maximum absolute atomic E-state index is 2.31. The number of hydrogen-bond acceptors (Lipinski definition) is 1. The molecule has 0 saturated carbocycles. The lowest BCUT2D eigenvalue weighted by Gasteiger charge is -2.17. The van der Waals surface area contributed by atoms with Crippen LogP contribution in [0.1, 0.15) is 58.8 Å². The van der Waals surface area contributed by atoms with E-state index in [-0.39, 0.29) is 0 Å². The lowest BCUT2D eigenvalue weighted by Crippen LogP contribution is -2.14. The molecule has 1 atom stereocenters. The van der Waals surface area contributed by atoms with Crippen molar-refractivity contribution in [2.45, 2.75) is 58.8 Å². The molecule has 0 aliphatic rings. The highest BCUT2D eigenvalue weighted by Gasteiger charge is 2.06. The third kappa shape index (κ3) is 8.55. The molecular weight excluding hydrogens is 170 g/mol. The van der Waals surface area contributed by atoms with Crippen LogP contribution in [0.15, 0.2) is 0 Å². The van der Waals surface area contributed by atoms with Crippen LogP contribution < -0.4 is 0 Å². The van der Waals surface area contributed by atoms with Crippen molar-refractivity contribution in [1.82, 2.24) is 4.90 Å². The first-order valence-corrected chi connectivity index (χ1v) is 6.35. The van der Waals surface area contributed by atoms with Crippen LogP contribution in [0.3, 0.4) is 0 Å². The smallest absolute Gasteiger partial charge is 0.00247 e.